The maximum Gasteiger partial charge on any atom is 0.226 e. The lowest BCUT2D eigenvalue weighted by Gasteiger charge is -2.30. The lowest BCUT2D eigenvalue weighted by molar-refractivity contribution is -0.118. The summed E-state index contributed by atoms with van der Waals surface area (Å²) < 4.78 is 1.12. The predicted octanol–water partition coefficient (Wildman–Crippen LogP) is 3.98. The summed E-state index contributed by atoms with van der Waals surface area (Å²) in [5, 5.41) is 7.00. The number of nitrogens with zero attached hydrogens (tertiary/aromatic N) is 1. The van der Waals surface area contributed by atoms with Crippen LogP contribution in [0, 0.1) is 0 Å². The Morgan fingerprint density at radius 3 is 2.45 bits per heavy atom. The molecule has 0 spiro atoms. The summed E-state index contributed by atoms with van der Waals surface area (Å²) in [6.07, 6.45) is 3.68. The fourth-order valence-corrected chi connectivity index (χ4v) is 2.74. The Morgan fingerprint density at radius 1 is 1.32 bits per heavy atom. The fourth-order valence-electron chi connectivity index (χ4n) is 2.19. The normalized spacial score (nSPS) is 11.5. The molecule has 1 aromatic rings. The molecule has 1 amide bonds. The summed E-state index contributed by atoms with van der Waals surface area (Å²) in [5.41, 5.74) is 2.37. The maximum absolute atomic E-state index is 12.0. The molecule has 0 saturated carbocycles. The SMILES string of the molecule is C=O.CC.CCCC(=O)N1CCCc2c(Br)cccc21.CO. The van der Waals surface area contributed by atoms with E-state index in [4.69, 9.17) is 9.90 Å². The lowest BCUT2D eigenvalue weighted by Crippen LogP contribution is -2.35. The number of aliphatic hydroxyl groups is 1. The van der Waals surface area contributed by atoms with E-state index in [0.717, 1.165) is 43.1 Å². The van der Waals surface area contributed by atoms with Gasteiger partial charge < -0.3 is 14.8 Å². The average molecular weight is 374 g/mol. The van der Waals surface area contributed by atoms with Gasteiger partial charge in [0.15, 0.2) is 0 Å². The monoisotopic (exact) mass is 373 g/mol. The molecule has 0 radical (unpaired) electrons. The van der Waals surface area contributed by atoms with Gasteiger partial charge in [-0.05, 0) is 37.0 Å². The van der Waals surface area contributed by atoms with Crippen LogP contribution in [0.4, 0.5) is 5.69 Å². The first-order valence-electron chi connectivity index (χ1n) is 7.55. The molecule has 1 aliphatic rings. The highest BCUT2D eigenvalue weighted by molar-refractivity contribution is 9.10. The molecule has 5 heteroatoms. The smallest absolute Gasteiger partial charge is 0.226 e. The molecule has 2 rings (SSSR count). The Labute approximate surface area is 142 Å². The number of carbonyl (C=O) groups excluding carboxylic acids is 2. The molecule has 0 aliphatic carbocycles. The van der Waals surface area contributed by atoms with Crippen molar-refractivity contribution in [2.45, 2.75) is 46.5 Å². The molecule has 0 saturated heterocycles. The van der Waals surface area contributed by atoms with Crippen LogP contribution >= 0.6 is 15.9 Å². The van der Waals surface area contributed by atoms with E-state index >= 15 is 0 Å². The highest BCUT2D eigenvalue weighted by Gasteiger charge is 2.22. The number of fused-ring (bicyclic) bond motifs is 1. The van der Waals surface area contributed by atoms with E-state index in [-0.39, 0.29) is 5.91 Å². The molecule has 126 valence electrons. The van der Waals surface area contributed by atoms with Crippen molar-refractivity contribution in [2.24, 2.45) is 0 Å². The third-order valence-electron chi connectivity index (χ3n) is 2.96. The number of hydrogen-bond donors (Lipinski definition) is 1. The summed E-state index contributed by atoms with van der Waals surface area (Å²) >= 11 is 3.56. The van der Waals surface area contributed by atoms with Gasteiger partial charge in [0.1, 0.15) is 6.79 Å². The van der Waals surface area contributed by atoms with Crippen LogP contribution in [-0.2, 0) is 16.0 Å². The number of carbonyl (C=O) groups is 2. The number of rotatable bonds is 2. The molecule has 1 aliphatic heterocycles. The van der Waals surface area contributed by atoms with Crippen LogP contribution in [0.1, 0.15) is 45.6 Å². The number of hydrogen-bond acceptors (Lipinski definition) is 3. The van der Waals surface area contributed by atoms with Crippen molar-refractivity contribution in [3.05, 3.63) is 28.2 Å². The van der Waals surface area contributed by atoms with E-state index in [2.05, 4.69) is 15.9 Å². The topological polar surface area (TPSA) is 57.6 Å². The van der Waals surface area contributed by atoms with Crippen LogP contribution in [0.5, 0.6) is 0 Å². The first-order chi connectivity index (χ1) is 10.7. The summed E-state index contributed by atoms with van der Waals surface area (Å²) in [6, 6.07) is 6.10. The van der Waals surface area contributed by atoms with E-state index < -0.39 is 0 Å². The van der Waals surface area contributed by atoms with Gasteiger partial charge >= 0.3 is 0 Å². The van der Waals surface area contributed by atoms with Crippen molar-refractivity contribution in [3.63, 3.8) is 0 Å². The zero-order valence-electron chi connectivity index (χ0n) is 14.1. The molecular formula is C17H28BrNO3. The van der Waals surface area contributed by atoms with E-state index in [9.17, 15) is 4.79 Å². The van der Waals surface area contributed by atoms with Gasteiger partial charge in [0, 0.05) is 30.2 Å². The van der Waals surface area contributed by atoms with E-state index in [1.807, 2.05) is 50.7 Å². The number of aliphatic hydroxyl groups excluding tert-OH is 1. The molecule has 4 nitrogen and oxygen atoms in total. The predicted molar refractivity (Wildman–Crippen MR) is 96.3 cm³/mol. The van der Waals surface area contributed by atoms with Gasteiger partial charge in [-0.3, -0.25) is 4.79 Å². The van der Waals surface area contributed by atoms with Gasteiger partial charge in [0.25, 0.3) is 0 Å². The highest BCUT2D eigenvalue weighted by atomic mass is 79.9. The molecule has 22 heavy (non-hydrogen) atoms. The Balaban J connectivity index is 0. The number of anilines is 1. The lowest BCUT2D eigenvalue weighted by atomic mass is 10.0. The van der Waals surface area contributed by atoms with Gasteiger partial charge in [-0.1, -0.05) is 42.8 Å². The minimum atomic E-state index is 0.251. The minimum absolute atomic E-state index is 0.251. The third kappa shape index (κ3) is 6.71. The Kier molecular flexibility index (Phi) is 15.4. The minimum Gasteiger partial charge on any atom is -0.400 e. The zero-order chi connectivity index (χ0) is 17.5. The van der Waals surface area contributed by atoms with Crippen molar-refractivity contribution in [2.75, 3.05) is 18.6 Å². The van der Waals surface area contributed by atoms with Crippen LogP contribution in [0.2, 0.25) is 0 Å². The fraction of sp³-hybridized carbons (Fsp3) is 0.529. The van der Waals surface area contributed by atoms with E-state index in [1.54, 1.807) is 0 Å². The summed E-state index contributed by atoms with van der Waals surface area (Å²) in [7, 11) is 1.00. The molecular weight excluding hydrogens is 346 g/mol. The number of halogens is 1. The first kappa shape index (κ1) is 23.1. The van der Waals surface area contributed by atoms with Crippen LogP contribution in [-0.4, -0.2) is 31.5 Å². The largest absolute Gasteiger partial charge is 0.400 e. The van der Waals surface area contributed by atoms with Crippen LogP contribution in [0.25, 0.3) is 0 Å². The van der Waals surface area contributed by atoms with Crippen molar-refractivity contribution < 1.29 is 14.7 Å². The van der Waals surface area contributed by atoms with Crippen LogP contribution < -0.4 is 4.90 Å². The highest BCUT2D eigenvalue weighted by Crippen LogP contribution is 2.33. The third-order valence-corrected chi connectivity index (χ3v) is 3.70. The second kappa shape index (κ2) is 14.7. The zero-order valence-corrected chi connectivity index (χ0v) is 15.6. The number of amides is 1. The van der Waals surface area contributed by atoms with Gasteiger partial charge in [0.05, 0.1) is 0 Å². The molecule has 1 aromatic carbocycles. The van der Waals surface area contributed by atoms with Crippen molar-refractivity contribution in [3.8, 4) is 0 Å². The molecule has 0 aromatic heterocycles. The molecule has 0 atom stereocenters. The van der Waals surface area contributed by atoms with Gasteiger partial charge in [-0.15, -0.1) is 0 Å². The van der Waals surface area contributed by atoms with Crippen molar-refractivity contribution >= 4 is 34.3 Å². The Hall–Kier alpha value is -1.20. The summed E-state index contributed by atoms with van der Waals surface area (Å²) in [6.45, 7) is 8.91. The second-order valence-corrected chi connectivity index (χ2v) is 4.99. The standard InChI is InChI=1S/C13H16BrNO.C2H6.CH4O.CH2O/c1-2-5-13(16)15-9-4-6-10-11(14)7-3-8-12(10)15;3*1-2/h3,7-8H,2,4-6,9H2,1H3;1-2H3;2H,1H3;1H2. The Morgan fingerprint density at radius 2 is 1.91 bits per heavy atom. The summed E-state index contributed by atoms with van der Waals surface area (Å²) in [4.78, 5) is 21.9. The van der Waals surface area contributed by atoms with Crippen LogP contribution in [0.3, 0.4) is 0 Å². The molecule has 1 heterocycles. The van der Waals surface area contributed by atoms with Crippen molar-refractivity contribution in [1.82, 2.24) is 0 Å². The molecule has 1 N–H and O–H groups in total. The molecule has 0 fully saturated rings. The molecule has 0 unspecified atom stereocenters. The van der Waals surface area contributed by atoms with Crippen LogP contribution in [0.15, 0.2) is 22.7 Å². The van der Waals surface area contributed by atoms with Gasteiger partial charge in [-0.2, -0.15) is 0 Å². The second-order valence-electron chi connectivity index (χ2n) is 4.14. The van der Waals surface area contributed by atoms with Crippen molar-refractivity contribution in [1.29, 1.82) is 0 Å². The van der Waals surface area contributed by atoms with Gasteiger partial charge in [0.2, 0.25) is 5.91 Å². The first-order valence-corrected chi connectivity index (χ1v) is 8.34. The van der Waals surface area contributed by atoms with E-state index in [0.29, 0.717) is 6.42 Å². The molecule has 0 bridgehead atoms. The van der Waals surface area contributed by atoms with Gasteiger partial charge in [-0.25, -0.2) is 0 Å². The van der Waals surface area contributed by atoms with E-state index in [1.165, 1.54) is 5.56 Å². The quantitative estimate of drug-likeness (QED) is 0.852. The average Bonchev–Trinajstić information content (AvgIpc) is 2.60. The Bertz CT molecular complexity index is 424. The number of benzene rings is 1. The summed E-state index contributed by atoms with van der Waals surface area (Å²) in [5.74, 6) is 0.251. The maximum atomic E-state index is 12.0.